The van der Waals surface area contributed by atoms with E-state index in [0.29, 0.717) is 6.42 Å². The molecule has 2 unspecified atom stereocenters. The number of methoxy groups -OCH3 is 1. The SMILES string of the molecule is COC(=O)C(CS(C)(=O)=O)C1CCS(=O)(=O)C1. The van der Waals surface area contributed by atoms with Crippen molar-refractivity contribution in [3.05, 3.63) is 0 Å². The van der Waals surface area contributed by atoms with E-state index in [1.807, 2.05) is 0 Å². The van der Waals surface area contributed by atoms with E-state index in [1.165, 1.54) is 7.11 Å². The summed E-state index contributed by atoms with van der Waals surface area (Å²) in [6, 6.07) is 0. The Kier molecular flexibility index (Phi) is 4.19. The van der Waals surface area contributed by atoms with Gasteiger partial charge in [0.05, 0.1) is 30.3 Å². The van der Waals surface area contributed by atoms with Crippen LogP contribution in [0.1, 0.15) is 6.42 Å². The first kappa shape index (κ1) is 14.4. The summed E-state index contributed by atoms with van der Waals surface area (Å²) in [6.07, 6.45) is 1.34. The van der Waals surface area contributed by atoms with Crippen LogP contribution in [0.3, 0.4) is 0 Å². The zero-order valence-electron chi connectivity index (χ0n) is 9.75. The van der Waals surface area contributed by atoms with Crippen molar-refractivity contribution >= 4 is 25.6 Å². The summed E-state index contributed by atoms with van der Waals surface area (Å²) in [5.74, 6) is -2.48. The highest BCUT2D eigenvalue weighted by atomic mass is 32.2. The van der Waals surface area contributed by atoms with Gasteiger partial charge in [-0.2, -0.15) is 0 Å². The second-order valence-electron chi connectivity index (χ2n) is 4.39. The molecule has 100 valence electrons. The fourth-order valence-electron chi connectivity index (χ4n) is 2.02. The monoisotopic (exact) mass is 284 g/mol. The van der Waals surface area contributed by atoms with Crippen LogP contribution in [0.25, 0.3) is 0 Å². The van der Waals surface area contributed by atoms with Gasteiger partial charge < -0.3 is 4.74 Å². The van der Waals surface area contributed by atoms with Gasteiger partial charge in [0, 0.05) is 6.26 Å². The Hall–Kier alpha value is -0.630. The largest absolute Gasteiger partial charge is 0.469 e. The number of ether oxygens (including phenoxy) is 1. The van der Waals surface area contributed by atoms with Crippen molar-refractivity contribution in [2.24, 2.45) is 11.8 Å². The maximum absolute atomic E-state index is 11.5. The second-order valence-corrected chi connectivity index (χ2v) is 8.80. The molecule has 0 amide bonds. The lowest BCUT2D eigenvalue weighted by Gasteiger charge is -2.18. The quantitative estimate of drug-likeness (QED) is 0.631. The molecule has 6 nitrogen and oxygen atoms in total. The van der Waals surface area contributed by atoms with Gasteiger partial charge in [0.2, 0.25) is 0 Å². The van der Waals surface area contributed by atoms with Crippen LogP contribution in [0.15, 0.2) is 0 Å². The lowest BCUT2D eigenvalue weighted by Crippen LogP contribution is -2.32. The smallest absolute Gasteiger partial charge is 0.310 e. The molecule has 1 fully saturated rings. The number of carbonyl (C=O) groups is 1. The highest BCUT2D eigenvalue weighted by Gasteiger charge is 2.39. The van der Waals surface area contributed by atoms with Crippen LogP contribution in [0.4, 0.5) is 0 Å². The normalized spacial score (nSPS) is 25.4. The molecule has 0 radical (unpaired) electrons. The molecule has 0 N–H and O–H groups in total. The Morgan fingerprint density at radius 3 is 2.41 bits per heavy atom. The number of hydrogen-bond acceptors (Lipinski definition) is 6. The maximum atomic E-state index is 11.5. The molecule has 1 aliphatic rings. The summed E-state index contributed by atoms with van der Waals surface area (Å²) >= 11 is 0. The van der Waals surface area contributed by atoms with Crippen LogP contribution in [0.2, 0.25) is 0 Å². The van der Waals surface area contributed by atoms with Gasteiger partial charge in [0.15, 0.2) is 9.84 Å². The highest BCUT2D eigenvalue weighted by Crippen LogP contribution is 2.27. The predicted octanol–water partition coefficient (Wildman–Crippen LogP) is -0.745. The van der Waals surface area contributed by atoms with Gasteiger partial charge >= 0.3 is 5.97 Å². The van der Waals surface area contributed by atoms with Gasteiger partial charge in [-0.15, -0.1) is 0 Å². The van der Waals surface area contributed by atoms with Gasteiger partial charge in [-0.1, -0.05) is 0 Å². The molecule has 0 aliphatic carbocycles. The van der Waals surface area contributed by atoms with E-state index in [-0.39, 0.29) is 17.3 Å². The van der Waals surface area contributed by atoms with Crippen molar-refractivity contribution in [1.82, 2.24) is 0 Å². The van der Waals surface area contributed by atoms with E-state index >= 15 is 0 Å². The Morgan fingerprint density at radius 1 is 1.47 bits per heavy atom. The van der Waals surface area contributed by atoms with Crippen molar-refractivity contribution < 1.29 is 26.4 Å². The van der Waals surface area contributed by atoms with E-state index in [1.54, 1.807) is 0 Å². The molecule has 1 rings (SSSR count). The maximum Gasteiger partial charge on any atom is 0.310 e. The van der Waals surface area contributed by atoms with Crippen molar-refractivity contribution in [3.63, 3.8) is 0 Å². The van der Waals surface area contributed by atoms with Crippen LogP contribution in [-0.4, -0.2) is 53.4 Å². The third kappa shape index (κ3) is 4.27. The molecule has 1 heterocycles. The Balaban J connectivity index is 2.89. The summed E-state index contributed by atoms with van der Waals surface area (Å²) in [5, 5.41) is 0. The second kappa shape index (κ2) is 4.93. The van der Waals surface area contributed by atoms with Gasteiger partial charge in [0.25, 0.3) is 0 Å². The topological polar surface area (TPSA) is 94.6 Å². The molecule has 0 aromatic rings. The minimum Gasteiger partial charge on any atom is -0.469 e. The van der Waals surface area contributed by atoms with Crippen LogP contribution in [-0.2, 0) is 29.2 Å². The summed E-state index contributed by atoms with van der Waals surface area (Å²) < 4.78 is 49.6. The lowest BCUT2D eigenvalue weighted by molar-refractivity contribution is -0.146. The van der Waals surface area contributed by atoms with Crippen LogP contribution in [0, 0.1) is 11.8 Å². The lowest BCUT2D eigenvalue weighted by atomic mass is 9.94. The summed E-state index contributed by atoms with van der Waals surface area (Å²) in [7, 11) is -5.32. The fraction of sp³-hybridized carbons (Fsp3) is 0.889. The van der Waals surface area contributed by atoms with E-state index in [0.717, 1.165) is 6.26 Å². The van der Waals surface area contributed by atoms with Crippen LogP contribution in [0.5, 0.6) is 0 Å². The first-order valence-corrected chi connectivity index (χ1v) is 8.99. The third-order valence-electron chi connectivity index (χ3n) is 2.82. The van der Waals surface area contributed by atoms with Gasteiger partial charge in [-0.05, 0) is 12.3 Å². The molecule has 0 saturated carbocycles. The van der Waals surface area contributed by atoms with E-state index in [9.17, 15) is 21.6 Å². The molecule has 1 aliphatic heterocycles. The summed E-state index contributed by atoms with van der Waals surface area (Å²) in [4.78, 5) is 11.5. The minimum absolute atomic E-state index is 0.00885. The molecular formula is C9H16O6S2. The Morgan fingerprint density at radius 2 is 2.06 bits per heavy atom. The molecule has 2 atom stereocenters. The van der Waals surface area contributed by atoms with Crippen molar-refractivity contribution in [2.45, 2.75) is 6.42 Å². The molecule has 0 aromatic carbocycles. The average Bonchev–Trinajstić information content (AvgIpc) is 2.52. The predicted molar refractivity (Wildman–Crippen MR) is 62.0 cm³/mol. The number of sulfone groups is 2. The number of esters is 1. The molecule has 0 aromatic heterocycles. The Bertz CT molecular complexity index is 490. The minimum atomic E-state index is -3.35. The summed E-state index contributed by atoms with van der Waals surface area (Å²) in [6.45, 7) is 0. The van der Waals surface area contributed by atoms with Gasteiger partial charge in [0.1, 0.15) is 9.84 Å². The van der Waals surface area contributed by atoms with Gasteiger partial charge in [-0.25, -0.2) is 16.8 Å². The molecule has 0 bridgehead atoms. The molecular weight excluding hydrogens is 268 g/mol. The number of rotatable bonds is 4. The molecule has 1 saturated heterocycles. The Labute approximate surface area is 101 Å². The van der Waals surface area contributed by atoms with Gasteiger partial charge in [-0.3, -0.25) is 4.79 Å². The zero-order valence-corrected chi connectivity index (χ0v) is 11.4. The number of carbonyl (C=O) groups excluding carboxylic acids is 1. The summed E-state index contributed by atoms with van der Waals surface area (Å²) in [5.41, 5.74) is 0. The van der Waals surface area contributed by atoms with E-state index in [4.69, 9.17) is 0 Å². The third-order valence-corrected chi connectivity index (χ3v) is 5.58. The molecule has 8 heteroatoms. The number of hydrogen-bond donors (Lipinski definition) is 0. The first-order chi connectivity index (χ1) is 7.64. The average molecular weight is 284 g/mol. The zero-order chi connectivity index (χ0) is 13.3. The van der Waals surface area contributed by atoms with Crippen molar-refractivity contribution in [1.29, 1.82) is 0 Å². The molecule has 17 heavy (non-hydrogen) atoms. The van der Waals surface area contributed by atoms with Crippen LogP contribution >= 0.6 is 0 Å². The van der Waals surface area contributed by atoms with E-state index in [2.05, 4.69) is 4.74 Å². The fourth-order valence-corrected chi connectivity index (χ4v) is 4.96. The standard InChI is InChI=1S/C9H16O6S2/c1-15-9(10)8(6-16(2,11)12)7-3-4-17(13,14)5-7/h7-8H,3-6H2,1-2H3. The highest BCUT2D eigenvalue weighted by molar-refractivity contribution is 7.91. The first-order valence-electron chi connectivity index (χ1n) is 5.10. The molecule has 0 spiro atoms. The van der Waals surface area contributed by atoms with Crippen LogP contribution < -0.4 is 0 Å². The van der Waals surface area contributed by atoms with E-state index < -0.39 is 37.5 Å². The van der Waals surface area contributed by atoms with Crippen molar-refractivity contribution in [2.75, 3.05) is 30.6 Å². The van der Waals surface area contributed by atoms with Crippen molar-refractivity contribution in [3.8, 4) is 0 Å².